The summed E-state index contributed by atoms with van der Waals surface area (Å²) in [4.78, 5) is 25.9. The van der Waals surface area contributed by atoms with Crippen LogP contribution in [0.5, 0.6) is 0 Å². The van der Waals surface area contributed by atoms with E-state index >= 15 is 0 Å². The Bertz CT molecular complexity index is 238. The smallest absolute Gasteiger partial charge is 0.312 e. The van der Waals surface area contributed by atoms with Gasteiger partial charge in [0.1, 0.15) is 6.04 Å². The maximum absolute atomic E-state index is 11.6. The Kier molecular flexibility index (Phi) is 2.59. The fourth-order valence-electron chi connectivity index (χ4n) is 1.71. The summed E-state index contributed by atoms with van der Waals surface area (Å²) >= 11 is 0. The van der Waals surface area contributed by atoms with E-state index in [0.29, 0.717) is 6.54 Å². The number of hydrogen-bond acceptors (Lipinski definition) is 2. The van der Waals surface area contributed by atoms with Gasteiger partial charge in [0.25, 0.3) is 5.91 Å². The van der Waals surface area contributed by atoms with Gasteiger partial charge in [-0.25, -0.2) is 4.79 Å². The maximum atomic E-state index is 11.6. The van der Waals surface area contributed by atoms with E-state index in [-0.39, 0.29) is 23.9 Å². The van der Waals surface area contributed by atoms with E-state index in [1.807, 2.05) is 20.8 Å². The lowest BCUT2D eigenvalue weighted by molar-refractivity contribution is -0.128. The summed E-state index contributed by atoms with van der Waals surface area (Å²) in [6.07, 6.45) is 0. The molecule has 0 bridgehead atoms. The molecule has 0 saturated carbocycles. The summed E-state index contributed by atoms with van der Waals surface area (Å²) in [7, 11) is 1.54. The standard InChI is InChI=1S/C9H16N2O2/c1-5-11-7(6(2)3)8(12)10(4)9(11)13/h6-7H,5H2,1-4H3. The molecule has 1 heterocycles. The highest BCUT2D eigenvalue weighted by atomic mass is 16.2. The number of amides is 3. The molecule has 3 amide bonds. The van der Waals surface area contributed by atoms with Crippen molar-refractivity contribution >= 4 is 11.9 Å². The van der Waals surface area contributed by atoms with Crippen molar-refractivity contribution in [2.45, 2.75) is 26.8 Å². The average molecular weight is 184 g/mol. The average Bonchev–Trinajstić information content (AvgIpc) is 2.29. The lowest BCUT2D eigenvalue weighted by atomic mass is 10.0. The third kappa shape index (κ3) is 1.41. The van der Waals surface area contributed by atoms with Gasteiger partial charge in [-0.1, -0.05) is 13.8 Å². The van der Waals surface area contributed by atoms with Gasteiger partial charge in [-0.3, -0.25) is 9.69 Å². The van der Waals surface area contributed by atoms with Gasteiger partial charge in [0.2, 0.25) is 0 Å². The van der Waals surface area contributed by atoms with Crippen molar-refractivity contribution in [2.24, 2.45) is 5.92 Å². The molecule has 0 aromatic rings. The molecule has 1 rings (SSSR count). The summed E-state index contributed by atoms with van der Waals surface area (Å²) in [6.45, 7) is 6.40. The zero-order valence-corrected chi connectivity index (χ0v) is 8.57. The molecule has 4 heteroatoms. The molecule has 1 atom stereocenters. The number of likely N-dealkylation sites (N-methyl/N-ethyl adjacent to an activating group) is 2. The first-order chi connectivity index (χ1) is 6.00. The second kappa shape index (κ2) is 3.36. The fraction of sp³-hybridized carbons (Fsp3) is 0.778. The highest BCUT2D eigenvalue weighted by Gasteiger charge is 2.43. The number of rotatable bonds is 2. The Morgan fingerprint density at radius 3 is 2.23 bits per heavy atom. The van der Waals surface area contributed by atoms with Gasteiger partial charge >= 0.3 is 6.03 Å². The lowest BCUT2D eigenvalue weighted by Crippen LogP contribution is -2.38. The quantitative estimate of drug-likeness (QED) is 0.599. The molecule has 0 N–H and O–H groups in total. The van der Waals surface area contributed by atoms with Crippen molar-refractivity contribution in [2.75, 3.05) is 13.6 Å². The van der Waals surface area contributed by atoms with Crippen molar-refractivity contribution < 1.29 is 9.59 Å². The molecule has 1 fully saturated rings. The first-order valence-corrected chi connectivity index (χ1v) is 4.58. The normalized spacial score (nSPS) is 23.6. The molecule has 0 radical (unpaired) electrons. The number of hydrogen-bond donors (Lipinski definition) is 0. The molecule has 1 saturated heterocycles. The van der Waals surface area contributed by atoms with Crippen molar-refractivity contribution in [3.05, 3.63) is 0 Å². The fourth-order valence-corrected chi connectivity index (χ4v) is 1.71. The highest BCUT2D eigenvalue weighted by Crippen LogP contribution is 2.21. The minimum atomic E-state index is -0.262. The molecule has 74 valence electrons. The highest BCUT2D eigenvalue weighted by molar-refractivity contribution is 6.03. The van der Waals surface area contributed by atoms with Gasteiger partial charge in [-0.2, -0.15) is 0 Å². The number of carbonyl (C=O) groups excluding carboxylic acids is 2. The SMILES string of the molecule is CCN1C(=O)N(C)C(=O)C1C(C)C. The predicted molar refractivity (Wildman–Crippen MR) is 49.2 cm³/mol. The first kappa shape index (κ1) is 10.0. The largest absolute Gasteiger partial charge is 0.327 e. The summed E-state index contributed by atoms with van der Waals surface area (Å²) in [5.41, 5.74) is 0. The third-order valence-corrected chi connectivity index (χ3v) is 2.42. The Hall–Kier alpha value is -1.06. The van der Waals surface area contributed by atoms with Crippen LogP contribution >= 0.6 is 0 Å². The molecular weight excluding hydrogens is 168 g/mol. The second-order valence-corrected chi connectivity index (χ2v) is 3.65. The molecule has 0 spiro atoms. The van der Waals surface area contributed by atoms with Crippen LogP contribution in [0.25, 0.3) is 0 Å². The monoisotopic (exact) mass is 184 g/mol. The summed E-state index contributed by atoms with van der Waals surface area (Å²) in [6, 6.07) is -0.436. The number of imide groups is 1. The first-order valence-electron chi connectivity index (χ1n) is 4.58. The number of nitrogens with zero attached hydrogens (tertiary/aromatic N) is 2. The van der Waals surface area contributed by atoms with Gasteiger partial charge in [0, 0.05) is 13.6 Å². The second-order valence-electron chi connectivity index (χ2n) is 3.65. The van der Waals surface area contributed by atoms with Crippen LogP contribution in [0.2, 0.25) is 0 Å². The van der Waals surface area contributed by atoms with Gasteiger partial charge in [-0.15, -0.1) is 0 Å². The van der Waals surface area contributed by atoms with Gasteiger partial charge in [-0.05, 0) is 12.8 Å². The Balaban J connectivity index is 2.94. The van der Waals surface area contributed by atoms with Crippen LogP contribution in [0.15, 0.2) is 0 Å². The molecule has 1 aliphatic rings. The minimum Gasteiger partial charge on any atom is -0.312 e. The van der Waals surface area contributed by atoms with E-state index in [1.54, 1.807) is 4.90 Å². The van der Waals surface area contributed by atoms with Crippen molar-refractivity contribution in [1.82, 2.24) is 9.80 Å². The maximum Gasteiger partial charge on any atom is 0.327 e. The van der Waals surface area contributed by atoms with Crippen molar-refractivity contribution in [3.63, 3.8) is 0 Å². The zero-order chi connectivity index (χ0) is 10.2. The summed E-state index contributed by atoms with van der Waals surface area (Å²) in [5.74, 6) is 0.100. The van der Waals surface area contributed by atoms with Crippen LogP contribution in [-0.2, 0) is 4.79 Å². The van der Waals surface area contributed by atoms with Gasteiger partial charge in [0.05, 0.1) is 0 Å². The van der Waals surface area contributed by atoms with Crippen molar-refractivity contribution in [1.29, 1.82) is 0 Å². The summed E-state index contributed by atoms with van der Waals surface area (Å²) < 4.78 is 0. The molecule has 1 unspecified atom stereocenters. The lowest BCUT2D eigenvalue weighted by Gasteiger charge is -2.22. The van der Waals surface area contributed by atoms with Crippen LogP contribution in [0.4, 0.5) is 4.79 Å². The Morgan fingerprint density at radius 2 is 1.92 bits per heavy atom. The molecule has 0 aromatic carbocycles. The topological polar surface area (TPSA) is 40.6 Å². The van der Waals surface area contributed by atoms with E-state index < -0.39 is 0 Å². The molecule has 1 aliphatic heterocycles. The van der Waals surface area contributed by atoms with E-state index in [9.17, 15) is 9.59 Å². The van der Waals surface area contributed by atoms with Gasteiger partial charge in [0.15, 0.2) is 0 Å². The Labute approximate surface area is 78.5 Å². The molecule has 0 aliphatic carbocycles. The molecule has 13 heavy (non-hydrogen) atoms. The van der Waals surface area contributed by atoms with Crippen LogP contribution in [0.3, 0.4) is 0 Å². The Morgan fingerprint density at radius 1 is 1.38 bits per heavy atom. The minimum absolute atomic E-state index is 0.0816. The van der Waals surface area contributed by atoms with E-state index in [0.717, 1.165) is 0 Å². The van der Waals surface area contributed by atoms with E-state index in [2.05, 4.69) is 0 Å². The van der Waals surface area contributed by atoms with E-state index in [1.165, 1.54) is 11.9 Å². The third-order valence-electron chi connectivity index (χ3n) is 2.42. The number of urea groups is 1. The zero-order valence-electron chi connectivity index (χ0n) is 8.57. The van der Waals surface area contributed by atoms with Gasteiger partial charge < -0.3 is 4.90 Å². The summed E-state index contributed by atoms with van der Waals surface area (Å²) in [5, 5.41) is 0. The number of carbonyl (C=O) groups is 2. The van der Waals surface area contributed by atoms with Crippen LogP contribution < -0.4 is 0 Å². The van der Waals surface area contributed by atoms with E-state index in [4.69, 9.17) is 0 Å². The molecular formula is C9H16N2O2. The van der Waals surface area contributed by atoms with Crippen LogP contribution in [-0.4, -0.2) is 41.4 Å². The van der Waals surface area contributed by atoms with Crippen LogP contribution in [0, 0.1) is 5.92 Å². The van der Waals surface area contributed by atoms with Crippen molar-refractivity contribution in [3.8, 4) is 0 Å². The molecule has 4 nitrogen and oxygen atoms in total. The molecule has 0 aromatic heterocycles. The predicted octanol–water partition coefficient (Wildman–Crippen LogP) is 0.925. The van der Waals surface area contributed by atoms with Crippen LogP contribution in [0.1, 0.15) is 20.8 Å².